The van der Waals surface area contributed by atoms with E-state index in [1.807, 2.05) is 48.7 Å². The first kappa shape index (κ1) is 19.0. The number of anilines is 1. The second-order valence-corrected chi connectivity index (χ2v) is 7.13. The van der Waals surface area contributed by atoms with Gasteiger partial charge < -0.3 is 15.5 Å². The van der Waals surface area contributed by atoms with Crippen molar-refractivity contribution in [1.82, 2.24) is 29.9 Å². The molecule has 8 nitrogen and oxygen atoms in total. The lowest BCUT2D eigenvalue weighted by Gasteiger charge is -2.08. The van der Waals surface area contributed by atoms with Gasteiger partial charge in [-0.05, 0) is 35.9 Å². The molecule has 31 heavy (non-hydrogen) atoms. The lowest BCUT2D eigenvalue weighted by atomic mass is 10.1. The molecule has 5 rings (SSSR count). The first-order valence-corrected chi connectivity index (χ1v) is 10.0. The molecule has 0 aliphatic rings. The Hall–Kier alpha value is -4.04. The maximum absolute atomic E-state index is 6.15. The van der Waals surface area contributed by atoms with Gasteiger partial charge in [-0.25, -0.2) is 9.97 Å². The topological polar surface area (TPSA) is 107 Å². The van der Waals surface area contributed by atoms with Gasteiger partial charge in [0, 0.05) is 43.0 Å². The molecule has 0 fully saturated rings. The van der Waals surface area contributed by atoms with E-state index in [2.05, 4.69) is 37.5 Å². The Balaban J connectivity index is 1.33. The minimum atomic E-state index is 0.275. The lowest BCUT2D eigenvalue weighted by molar-refractivity contribution is 0.577. The van der Waals surface area contributed by atoms with Gasteiger partial charge in [-0.2, -0.15) is 4.52 Å². The Morgan fingerprint density at radius 3 is 2.81 bits per heavy atom. The molecule has 154 valence electrons. The zero-order chi connectivity index (χ0) is 21.0. The predicted octanol–water partition coefficient (Wildman–Crippen LogP) is 3.36. The Labute approximate surface area is 178 Å². The molecule has 4 aromatic heterocycles. The largest absolute Gasteiger partial charge is 0.461 e. The van der Waals surface area contributed by atoms with Crippen LogP contribution in [0.4, 0.5) is 5.95 Å². The highest BCUT2D eigenvalue weighted by molar-refractivity contribution is 5.67. The number of pyridine rings is 1. The average molecular weight is 411 g/mol. The summed E-state index contributed by atoms with van der Waals surface area (Å²) in [5, 5.41) is 7.86. The molecule has 0 amide bonds. The summed E-state index contributed by atoms with van der Waals surface area (Å²) in [6, 6.07) is 19.7. The predicted molar refractivity (Wildman–Crippen MR) is 118 cm³/mol. The van der Waals surface area contributed by atoms with Crippen molar-refractivity contribution >= 4 is 11.6 Å². The molecule has 0 bridgehead atoms. The highest BCUT2D eigenvalue weighted by Gasteiger charge is 2.13. The van der Waals surface area contributed by atoms with Crippen LogP contribution in [0, 0.1) is 0 Å². The number of nitrogen functional groups attached to an aromatic ring is 1. The quantitative estimate of drug-likeness (QED) is 0.395. The second-order valence-electron chi connectivity index (χ2n) is 7.13. The monoisotopic (exact) mass is 411 g/mol. The van der Waals surface area contributed by atoms with E-state index in [4.69, 9.17) is 10.2 Å². The van der Waals surface area contributed by atoms with Crippen molar-refractivity contribution in [2.45, 2.75) is 13.0 Å². The summed E-state index contributed by atoms with van der Waals surface area (Å²) in [5.41, 5.74) is 10.7. The molecule has 1 aromatic carbocycles. The van der Waals surface area contributed by atoms with Gasteiger partial charge in [-0.3, -0.25) is 4.98 Å². The number of furan rings is 1. The number of fused-ring (bicyclic) bond motifs is 1. The van der Waals surface area contributed by atoms with Gasteiger partial charge in [-0.15, -0.1) is 5.10 Å². The molecule has 0 atom stereocenters. The third-order valence-corrected chi connectivity index (χ3v) is 4.93. The Bertz CT molecular complexity index is 1300. The summed E-state index contributed by atoms with van der Waals surface area (Å²) in [5.74, 6) is 1.33. The first-order chi connectivity index (χ1) is 15.3. The highest BCUT2D eigenvalue weighted by Crippen LogP contribution is 2.23. The van der Waals surface area contributed by atoms with Gasteiger partial charge in [-0.1, -0.05) is 24.3 Å². The Morgan fingerprint density at radius 2 is 1.97 bits per heavy atom. The van der Waals surface area contributed by atoms with Gasteiger partial charge >= 0.3 is 0 Å². The van der Waals surface area contributed by atoms with Crippen LogP contribution in [-0.4, -0.2) is 31.1 Å². The number of hydrogen-bond donors (Lipinski definition) is 2. The molecular weight excluding hydrogens is 390 g/mol. The number of nitrogens with one attached hydrogen (secondary N) is 1. The maximum Gasteiger partial charge on any atom is 0.223 e. The van der Waals surface area contributed by atoms with Gasteiger partial charge in [0.1, 0.15) is 0 Å². The van der Waals surface area contributed by atoms with Crippen molar-refractivity contribution in [3.63, 3.8) is 0 Å². The number of rotatable bonds is 7. The van der Waals surface area contributed by atoms with Crippen LogP contribution in [0.3, 0.4) is 0 Å². The standard InChI is InChI=1S/C23H21N7O/c24-23-27-19(14-21-28-22(29-30(21)23)20-8-4-12-31-20)17-6-3-5-16(13-17)15-25-11-9-18-7-1-2-10-26-18/h1-8,10,12-14,25H,9,11,15H2,(H2,24,27). The van der Waals surface area contributed by atoms with Crippen LogP contribution in [0.2, 0.25) is 0 Å². The van der Waals surface area contributed by atoms with Gasteiger partial charge in [0.05, 0.1) is 12.0 Å². The van der Waals surface area contributed by atoms with Crippen molar-refractivity contribution in [1.29, 1.82) is 0 Å². The van der Waals surface area contributed by atoms with Crippen molar-refractivity contribution in [2.75, 3.05) is 12.3 Å². The number of hydrogen-bond acceptors (Lipinski definition) is 7. The van der Waals surface area contributed by atoms with E-state index in [0.717, 1.165) is 42.0 Å². The normalized spacial score (nSPS) is 11.2. The third-order valence-electron chi connectivity index (χ3n) is 4.93. The number of nitrogens with zero attached hydrogens (tertiary/aromatic N) is 5. The fourth-order valence-electron chi connectivity index (χ4n) is 3.41. The summed E-state index contributed by atoms with van der Waals surface area (Å²) >= 11 is 0. The van der Waals surface area contributed by atoms with Gasteiger partial charge in [0.15, 0.2) is 11.4 Å². The third kappa shape index (κ3) is 4.15. The number of aromatic nitrogens is 5. The SMILES string of the molecule is Nc1nc(-c2cccc(CNCCc3ccccn3)c2)cc2nc(-c3ccco3)nn12. The van der Waals surface area contributed by atoms with Gasteiger partial charge in [0.2, 0.25) is 11.8 Å². The molecule has 0 unspecified atom stereocenters. The maximum atomic E-state index is 6.15. The Kier molecular flexibility index (Phi) is 5.12. The molecule has 0 radical (unpaired) electrons. The average Bonchev–Trinajstić information content (AvgIpc) is 3.48. The summed E-state index contributed by atoms with van der Waals surface area (Å²) in [7, 11) is 0. The number of nitrogens with two attached hydrogens (primary N) is 1. The van der Waals surface area contributed by atoms with Crippen LogP contribution >= 0.6 is 0 Å². The minimum absolute atomic E-state index is 0.275. The minimum Gasteiger partial charge on any atom is -0.461 e. The van der Waals surface area contributed by atoms with E-state index in [0.29, 0.717) is 17.2 Å². The molecular formula is C23H21N7O. The van der Waals surface area contributed by atoms with Crippen LogP contribution in [0.5, 0.6) is 0 Å². The fourth-order valence-corrected chi connectivity index (χ4v) is 3.41. The molecule has 0 saturated carbocycles. The molecule has 4 heterocycles. The molecule has 0 saturated heterocycles. The summed E-state index contributed by atoms with van der Waals surface area (Å²) < 4.78 is 6.90. The molecule has 3 N–H and O–H groups in total. The van der Waals surface area contributed by atoms with Crippen molar-refractivity contribution < 1.29 is 4.42 Å². The first-order valence-electron chi connectivity index (χ1n) is 10.0. The van der Waals surface area contributed by atoms with E-state index in [1.54, 1.807) is 12.3 Å². The van der Waals surface area contributed by atoms with Crippen LogP contribution in [0.25, 0.3) is 28.5 Å². The zero-order valence-electron chi connectivity index (χ0n) is 16.8. The summed E-state index contributed by atoms with van der Waals surface area (Å²) in [4.78, 5) is 13.4. The lowest BCUT2D eigenvalue weighted by Crippen LogP contribution is -2.17. The highest BCUT2D eigenvalue weighted by atomic mass is 16.3. The van der Waals surface area contributed by atoms with E-state index in [9.17, 15) is 0 Å². The molecule has 5 aromatic rings. The fraction of sp³-hybridized carbons (Fsp3) is 0.130. The molecule has 0 aliphatic heterocycles. The number of benzene rings is 1. The summed E-state index contributed by atoms with van der Waals surface area (Å²) in [6.45, 7) is 1.61. The molecule has 8 heteroatoms. The smallest absolute Gasteiger partial charge is 0.223 e. The van der Waals surface area contributed by atoms with Crippen LogP contribution in [-0.2, 0) is 13.0 Å². The van der Waals surface area contributed by atoms with E-state index in [1.165, 1.54) is 4.52 Å². The van der Waals surface area contributed by atoms with Crippen LogP contribution in [0.1, 0.15) is 11.3 Å². The van der Waals surface area contributed by atoms with E-state index in [-0.39, 0.29) is 5.95 Å². The van der Waals surface area contributed by atoms with Crippen LogP contribution < -0.4 is 11.1 Å². The molecule has 0 spiro atoms. The van der Waals surface area contributed by atoms with Crippen molar-refractivity contribution in [3.05, 3.63) is 84.4 Å². The van der Waals surface area contributed by atoms with E-state index < -0.39 is 0 Å². The Morgan fingerprint density at radius 1 is 1.00 bits per heavy atom. The second kappa shape index (κ2) is 8.37. The van der Waals surface area contributed by atoms with E-state index >= 15 is 0 Å². The van der Waals surface area contributed by atoms with Crippen molar-refractivity contribution in [2.24, 2.45) is 0 Å². The molecule has 0 aliphatic carbocycles. The zero-order valence-corrected chi connectivity index (χ0v) is 16.8. The summed E-state index contributed by atoms with van der Waals surface area (Å²) in [6.07, 6.45) is 4.30. The van der Waals surface area contributed by atoms with Crippen molar-refractivity contribution in [3.8, 4) is 22.8 Å². The van der Waals surface area contributed by atoms with Gasteiger partial charge in [0.25, 0.3) is 0 Å². The van der Waals surface area contributed by atoms with Crippen LogP contribution in [0.15, 0.2) is 77.5 Å².